The Morgan fingerprint density at radius 1 is 1.00 bits per heavy atom. The van der Waals surface area contributed by atoms with Crippen LogP contribution in [-0.2, 0) is 6.61 Å². The van der Waals surface area contributed by atoms with Gasteiger partial charge in [-0.1, -0.05) is 48.5 Å². The molecule has 0 aliphatic rings. The first-order valence-corrected chi connectivity index (χ1v) is 11.2. The van der Waals surface area contributed by atoms with Gasteiger partial charge in [0, 0.05) is 10.9 Å². The molecule has 2 N–H and O–H groups in total. The van der Waals surface area contributed by atoms with Gasteiger partial charge in [-0.05, 0) is 48.0 Å². The lowest BCUT2D eigenvalue weighted by Gasteiger charge is -2.13. The van der Waals surface area contributed by atoms with Crippen LogP contribution in [0, 0.1) is 11.3 Å². The van der Waals surface area contributed by atoms with Gasteiger partial charge in [0.1, 0.15) is 18.1 Å². The lowest BCUT2D eigenvalue weighted by atomic mass is 10.0. The quantitative estimate of drug-likeness (QED) is 0.318. The molecule has 0 aliphatic carbocycles. The van der Waals surface area contributed by atoms with E-state index in [4.69, 9.17) is 9.47 Å². The van der Waals surface area contributed by atoms with Crippen molar-refractivity contribution in [3.63, 3.8) is 0 Å². The molecule has 4 aromatic carbocycles. The van der Waals surface area contributed by atoms with E-state index in [9.17, 15) is 10.1 Å². The second kappa shape index (κ2) is 9.57. The molecule has 5 aromatic rings. The lowest BCUT2D eigenvalue weighted by molar-refractivity contribution is 0.102. The van der Waals surface area contributed by atoms with Gasteiger partial charge in [0.05, 0.1) is 29.3 Å². The van der Waals surface area contributed by atoms with Gasteiger partial charge in [-0.3, -0.25) is 9.89 Å². The number of H-pyrrole nitrogens is 1. The third-order valence-electron chi connectivity index (χ3n) is 5.72. The van der Waals surface area contributed by atoms with Crippen molar-refractivity contribution in [2.75, 3.05) is 11.9 Å². The smallest absolute Gasteiger partial charge is 0.261 e. The van der Waals surface area contributed by atoms with Crippen molar-refractivity contribution in [1.82, 2.24) is 10.2 Å². The van der Waals surface area contributed by atoms with Crippen molar-refractivity contribution in [3.05, 3.63) is 95.6 Å². The average molecular weight is 463 g/mol. The van der Waals surface area contributed by atoms with E-state index in [-0.39, 0.29) is 12.5 Å². The molecule has 7 heteroatoms. The Bertz CT molecular complexity index is 1580. The van der Waals surface area contributed by atoms with Gasteiger partial charge in [0.25, 0.3) is 5.91 Å². The number of amides is 1. The van der Waals surface area contributed by atoms with E-state index < -0.39 is 0 Å². The lowest BCUT2D eigenvalue weighted by Crippen LogP contribution is -2.15. The summed E-state index contributed by atoms with van der Waals surface area (Å²) in [5, 5.41) is 21.9. The number of benzene rings is 4. The summed E-state index contributed by atoms with van der Waals surface area (Å²) < 4.78 is 11.7. The average Bonchev–Trinajstić information content (AvgIpc) is 3.29. The normalized spacial score (nSPS) is 10.7. The Morgan fingerprint density at radius 3 is 2.69 bits per heavy atom. The summed E-state index contributed by atoms with van der Waals surface area (Å²) in [6.45, 7) is 2.58. The largest absolute Gasteiger partial charge is 0.493 e. The van der Waals surface area contributed by atoms with Crippen LogP contribution in [0.4, 0.5) is 5.82 Å². The summed E-state index contributed by atoms with van der Waals surface area (Å²) in [4.78, 5) is 13.4. The van der Waals surface area contributed by atoms with Crippen LogP contribution in [0.3, 0.4) is 0 Å². The predicted octanol–water partition coefficient (Wildman–Crippen LogP) is 5.82. The highest BCUT2D eigenvalue weighted by Crippen LogP contribution is 2.31. The van der Waals surface area contributed by atoms with Crippen LogP contribution < -0.4 is 14.8 Å². The molecule has 0 spiro atoms. The molecular weight excluding hydrogens is 440 g/mol. The number of nitrogens with zero attached hydrogens (tertiary/aromatic N) is 2. The highest BCUT2D eigenvalue weighted by molar-refractivity contribution is 6.16. The molecule has 0 fully saturated rings. The molecule has 0 unspecified atom stereocenters. The summed E-state index contributed by atoms with van der Waals surface area (Å²) in [5.74, 6) is 1.20. The molecule has 1 amide bonds. The van der Waals surface area contributed by atoms with Crippen LogP contribution >= 0.6 is 0 Å². The Balaban J connectivity index is 1.44. The van der Waals surface area contributed by atoms with E-state index in [2.05, 4.69) is 21.6 Å². The van der Waals surface area contributed by atoms with Crippen LogP contribution in [-0.4, -0.2) is 22.7 Å². The van der Waals surface area contributed by atoms with Gasteiger partial charge in [-0.25, -0.2) is 0 Å². The summed E-state index contributed by atoms with van der Waals surface area (Å²) in [6.07, 6.45) is 0. The van der Waals surface area contributed by atoms with Crippen molar-refractivity contribution in [2.24, 2.45) is 0 Å². The number of rotatable bonds is 7. The van der Waals surface area contributed by atoms with Crippen LogP contribution in [0.2, 0.25) is 0 Å². The summed E-state index contributed by atoms with van der Waals surface area (Å²) in [5.41, 5.74) is 2.59. The minimum absolute atomic E-state index is 0.252. The molecule has 1 aromatic heterocycles. The molecule has 0 radical (unpaired) electrons. The van der Waals surface area contributed by atoms with E-state index in [0.29, 0.717) is 40.4 Å². The minimum Gasteiger partial charge on any atom is -0.493 e. The fourth-order valence-electron chi connectivity index (χ4n) is 4.03. The first kappa shape index (κ1) is 22.0. The van der Waals surface area contributed by atoms with E-state index >= 15 is 0 Å². The molecule has 172 valence electrons. The number of aromatic amines is 1. The second-order valence-electron chi connectivity index (χ2n) is 7.88. The maximum atomic E-state index is 13.4. The van der Waals surface area contributed by atoms with Crippen molar-refractivity contribution in [3.8, 4) is 17.6 Å². The maximum absolute atomic E-state index is 13.4. The number of hydrogen-bond acceptors (Lipinski definition) is 5. The molecule has 0 bridgehead atoms. The van der Waals surface area contributed by atoms with E-state index in [0.717, 1.165) is 21.9 Å². The number of fused-ring (bicyclic) bond motifs is 2. The summed E-state index contributed by atoms with van der Waals surface area (Å²) in [7, 11) is 0. The zero-order chi connectivity index (χ0) is 24.2. The molecule has 1 heterocycles. The van der Waals surface area contributed by atoms with Gasteiger partial charge in [-0.2, -0.15) is 10.4 Å². The molecule has 0 atom stereocenters. The van der Waals surface area contributed by atoms with Gasteiger partial charge in [0.2, 0.25) is 0 Å². The fraction of sp³-hybridized carbons (Fsp3) is 0.107. The first-order valence-electron chi connectivity index (χ1n) is 11.2. The van der Waals surface area contributed by atoms with Gasteiger partial charge in [0.15, 0.2) is 5.82 Å². The minimum atomic E-state index is -0.312. The number of carbonyl (C=O) groups is 1. The third-order valence-corrected chi connectivity index (χ3v) is 5.72. The van der Waals surface area contributed by atoms with Crippen LogP contribution in [0.5, 0.6) is 11.5 Å². The fourth-order valence-corrected chi connectivity index (χ4v) is 4.03. The second-order valence-corrected chi connectivity index (χ2v) is 7.88. The maximum Gasteiger partial charge on any atom is 0.261 e. The predicted molar refractivity (Wildman–Crippen MR) is 135 cm³/mol. The number of nitrogens with one attached hydrogen (secondary N) is 2. The molecule has 0 saturated carbocycles. The van der Waals surface area contributed by atoms with Gasteiger partial charge >= 0.3 is 0 Å². The molecular formula is C28H22N4O3. The van der Waals surface area contributed by atoms with Crippen molar-refractivity contribution in [1.29, 1.82) is 5.26 Å². The zero-order valence-electron chi connectivity index (χ0n) is 19.0. The zero-order valence-corrected chi connectivity index (χ0v) is 19.0. The van der Waals surface area contributed by atoms with Crippen LogP contribution in [0.15, 0.2) is 78.9 Å². The SMILES string of the molecule is CCOc1ccc2ccccc2c1C(=O)Nc1n[nH]c2ccc(OCc3ccccc3C#N)cc12. The highest BCUT2D eigenvalue weighted by Gasteiger charge is 2.19. The standard InChI is InChI=1S/C28H22N4O3/c1-2-34-25-14-11-18-7-5-6-10-22(18)26(25)28(33)30-27-23-15-21(12-13-24(23)31-32-27)35-17-20-9-4-3-8-19(20)16-29/h3-15H,2,17H2,1H3,(H2,30,31,32,33). The number of anilines is 1. The van der Waals surface area contributed by atoms with Crippen LogP contribution in [0.1, 0.15) is 28.4 Å². The molecule has 5 rings (SSSR count). The topological polar surface area (TPSA) is 100 Å². The monoisotopic (exact) mass is 462 g/mol. The highest BCUT2D eigenvalue weighted by atomic mass is 16.5. The van der Waals surface area contributed by atoms with E-state index in [1.807, 2.05) is 79.7 Å². The van der Waals surface area contributed by atoms with E-state index in [1.54, 1.807) is 6.07 Å². The Morgan fingerprint density at radius 2 is 1.83 bits per heavy atom. The summed E-state index contributed by atoms with van der Waals surface area (Å²) in [6, 6.07) is 26.4. The third kappa shape index (κ3) is 4.37. The summed E-state index contributed by atoms with van der Waals surface area (Å²) >= 11 is 0. The van der Waals surface area contributed by atoms with E-state index in [1.165, 1.54) is 0 Å². The van der Waals surface area contributed by atoms with Crippen LogP contribution in [0.25, 0.3) is 21.7 Å². The number of hydrogen-bond donors (Lipinski definition) is 2. The first-order chi connectivity index (χ1) is 17.2. The molecule has 35 heavy (non-hydrogen) atoms. The van der Waals surface area contributed by atoms with Crippen molar-refractivity contribution in [2.45, 2.75) is 13.5 Å². The number of aromatic nitrogens is 2. The van der Waals surface area contributed by atoms with Crippen molar-refractivity contribution < 1.29 is 14.3 Å². The van der Waals surface area contributed by atoms with Crippen molar-refractivity contribution >= 4 is 33.4 Å². The molecule has 7 nitrogen and oxygen atoms in total. The van der Waals surface area contributed by atoms with Gasteiger partial charge in [-0.15, -0.1) is 0 Å². The number of ether oxygens (including phenoxy) is 2. The Kier molecular flexibility index (Phi) is 6.01. The van der Waals surface area contributed by atoms with Gasteiger partial charge < -0.3 is 14.8 Å². The number of carbonyl (C=O) groups excluding carboxylic acids is 1. The Labute approximate surface area is 201 Å². The Hall–Kier alpha value is -4.83. The number of nitriles is 1. The molecule has 0 aliphatic heterocycles. The molecule has 0 saturated heterocycles.